The standard InChI is InChI=1S/C13H16FNO3/c1-8-2-7-11(18-8)12(13(16)17)15-10-5-3-9(14)4-6-10/h3-6,8,11-12,15H,2,7H2,1H3,(H,16,17). The van der Waals surface area contributed by atoms with E-state index < -0.39 is 12.0 Å². The van der Waals surface area contributed by atoms with E-state index in [0.29, 0.717) is 12.1 Å². The molecule has 0 bridgehead atoms. The van der Waals surface area contributed by atoms with Gasteiger partial charge in [-0.3, -0.25) is 0 Å². The third kappa shape index (κ3) is 2.98. The van der Waals surface area contributed by atoms with Crippen molar-refractivity contribution in [3.8, 4) is 0 Å². The second kappa shape index (κ2) is 5.35. The molecule has 1 aromatic carbocycles. The van der Waals surface area contributed by atoms with Gasteiger partial charge in [0.05, 0.1) is 12.2 Å². The molecule has 98 valence electrons. The van der Waals surface area contributed by atoms with E-state index in [4.69, 9.17) is 4.74 Å². The average Bonchev–Trinajstić information content (AvgIpc) is 2.74. The first-order chi connectivity index (χ1) is 8.56. The Morgan fingerprint density at radius 1 is 1.44 bits per heavy atom. The number of rotatable bonds is 4. The molecule has 2 N–H and O–H groups in total. The number of halogens is 1. The lowest BCUT2D eigenvalue weighted by Gasteiger charge is -2.22. The van der Waals surface area contributed by atoms with Gasteiger partial charge in [-0.1, -0.05) is 0 Å². The molecule has 0 radical (unpaired) electrons. The lowest BCUT2D eigenvalue weighted by Crippen LogP contribution is -2.40. The number of benzene rings is 1. The highest BCUT2D eigenvalue weighted by atomic mass is 19.1. The molecule has 1 aliphatic rings. The summed E-state index contributed by atoms with van der Waals surface area (Å²) in [5.74, 6) is -1.31. The summed E-state index contributed by atoms with van der Waals surface area (Å²) in [5.41, 5.74) is 0.576. The topological polar surface area (TPSA) is 58.6 Å². The highest BCUT2D eigenvalue weighted by molar-refractivity contribution is 5.78. The van der Waals surface area contributed by atoms with Crippen LogP contribution in [0.25, 0.3) is 0 Å². The highest BCUT2D eigenvalue weighted by Crippen LogP contribution is 2.24. The monoisotopic (exact) mass is 253 g/mol. The Balaban J connectivity index is 2.07. The zero-order valence-corrected chi connectivity index (χ0v) is 10.1. The van der Waals surface area contributed by atoms with Crippen LogP contribution in [-0.2, 0) is 9.53 Å². The van der Waals surface area contributed by atoms with Crippen LogP contribution in [0.15, 0.2) is 24.3 Å². The molecule has 3 atom stereocenters. The molecule has 3 unspecified atom stereocenters. The van der Waals surface area contributed by atoms with Gasteiger partial charge in [0.2, 0.25) is 0 Å². The van der Waals surface area contributed by atoms with Crippen molar-refractivity contribution in [3.63, 3.8) is 0 Å². The van der Waals surface area contributed by atoms with Crippen LogP contribution in [-0.4, -0.2) is 29.3 Å². The Kier molecular flexibility index (Phi) is 3.81. The Hall–Kier alpha value is -1.62. The van der Waals surface area contributed by atoms with Gasteiger partial charge in [0, 0.05) is 5.69 Å². The van der Waals surface area contributed by atoms with E-state index >= 15 is 0 Å². The van der Waals surface area contributed by atoms with E-state index in [1.165, 1.54) is 24.3 Å². The van der Waals surface area contributed by atoms with E-state index in [-0.39, 0.29) is 18.0 Å². The first-order valence-corrected chi connectivity index (χ1v) is 5.96. The van der Waals surface area contributed by atoms with Gasteiger partial charge in [0.25, 0.3) is 0 Å². The van der Waals surface area contributed by atoms with Crippen molar-refractivity contribution < 1.29 is 19.0 Å². The van der Waals surface area contributed by atoms with Crippen LogP contribution < -0.4 is 5.32 Å². The molecule has 1 aliphatic heterocycles. The lowest BCUT2D eigenvalue weighted by molar-refractivity contribution is -0.141. The lowest BCUT2D eigenvalue weighted by atomic mass is 10.1. The van der Waals surface area contributed by atoms with Gasteiger partial charge in [-0.15, -0.1) is 0 Å². The van der Waals surface area contributed by atoms with Crippen molar-refractivity contribution in [2.75, 3.05) is 5.32 Å². The van der Waals surface area contributed by atoms with Crippen LogP contribution in [0.5, 0.6) is 0 Å². The number of carbonyl (C=O) groups is 1. The third-order valence-electron chi connectivity index (χ3n) is 3.07. The second-order valence-corrected chi connectivity index (χ2v) is 4.53. The zero-order valence-electron chi connectivity index (χ0n) is 10.1. The summed E-state index contributed by atoms with van der Waals surface area (Å²) >= 11 is 0. The molecular formula is C13H16FNO3. The van der Waals surface area contributed by atoms with Gasteiger partial charge >= 0.3 is 5.97 Å². The Morgan fingerprint density at radius 2 is 2.11 bits per heavy atom. The molecule has 1 aromatic rings. The van der Waals surface area contributed by atoms with Crippen molar-refractivity contribution in [1.29, 1.82) is 0 Å². The Morgan fingerprint density at radius 3 is 2.61 bits per heavy atom. The fraction of sp³-hybridized carbons (Fsp3) is 0.462. The van der Waals surface area contributed by atoms with E-state index in [0.717, 1.165) is 6.42 Å². The van der Waals surface area contributed by atoms with Gasteiger partial charge in [0.15, 0.2) is 6.04 Å². The molecule has 4 nitrogen and oxygen atoms in total. The molecule has 5 heteroatoms. The number of carboxylic acid groups (broad SMARTS) is 1. The fourth-order valence-corrected chi connectivity index (χ4v) is 2.12. The summed E-state index contributed by atoms with van der Waals surface area (Å²) in [7, 11) is 0. The van der Waals surface area contributed by atoms with Crippen LogP contribution in [0.3, 0.4) is 0 Å². The van der Waals surface area contributed by atoms with Crippen molar-refractivity contribution in [2.24, 2.45) is 0 Å². The molecule has 0 saturated carbocycles. The molecule has 0 amide bonds. The number of aliphatic carboxylic acids is 1. The normalized spacial score (nSPS) is 24.8. The summed E-state index contributed by atoms with van der Waals surface area (Å²) in [6.07, 6.45) is 1.32. The highest BCUT2D eigenvalue weighted by Gasteiger charge is 2.34. The molecule has 2 rings (SSSR count). The second-order valence-electron chi connectivity index (χ2n) is 4.53. The van der Waals surface area contributed by atoms with E-state index in [1.54, 1.807) is 0 Å². The summed E-state index contributed by atoms with van der Waals surface area (Å²) in [6.45, 7) is 1.93. The summed E-state index contributed by atoms with van der Waals surface area (Å²) < 4.78 is 18.3. The maximum Gasteiger partial charge on any atom is 0.328 e. The maximum atomic E-state index is 12.8. The number of hydrogen-bond donors (Lipinski definition) is 2. The van der Waals surface area contributed by atoms with Crippen LogP contribution in [0.2, 0.25) is 0 Å². The van der Waals surface area contributed by atoms with Gasteiger partial charge in [-0.25, -0.2) is 9.18 Å². The summed E-state index contributed by atoms with van der Waals surface area (Å²) in [4.78, 5) is 11.2. The van der Waals surface area contributed by atoms with Crippen LogP contribution in [0, 0.1) is 5.82 Å². The number of hydrogen-bond acceptors (Lipinski definition) is 3. The molecule has 0 aliphatic carbocycles. The molecule has 1 saturated heterocycles. The molecule has 1 heterocycles. The molecule has 0 aromatic heterocycles. The number of nitrogens with one attached hydrogen (secondary N) is 1. The van der Waals surface area contributed by atoms with E-state index in [2.05, 4.69) is 5.32 Å². The van der Waals surface area contributed by atoms with Crippen LogP contribution in [0.1, 0.15) is 19.8 Å². The molecular weight excluding hydrogens is 237 g/mol. The minimum absolute atomic E-state index is 0.0897. The van der Waals surface area contributed by atoms with Crippen molar-refractivity contribution in [2.45, 2.75) is 38.0 Å². The molecule has 18 heavy (non-hydrogen) atoms. The SMILES string of the molecule is CC1CCC(C(Nc2ccc(F)cc2)C(=O)O)O1. The predicted octanol–water partition coefficient (Wildman–Crippen LogP) is 2.26. The first kappa shape index (κ1) is 12.8. The van der Waals surface area contributed by atoms with E-state index in [9.17, 15) is 14.3 Å². The first-order valence-electron chi connectivity index (χ1n) is 5.96. The molecule has 1 fully saturated rings. The van der Waals surface area contributed by atoms with Gasteiger partial charge < -0.3 is 15.2 Å². The van der Waals surface area contributed by atoms with Crippen molar-refractivity contribution in [3.05, 3.63) is 30.1 Å². The minimum atomic E-state index is -0.960. The smallest absolute Gasteiger partial charge is 0.328 e. The quantitative estimate of drug-likeness (QED) is 0.864. The Labute approximate surface area is 105 Å². The Bertz CT molecular complexity index is 421. The fourth-order valence-electron chi connectivity index (χ4n) is 2.12. The number of ether oxygens (including phenoxy) is 1. The van der Waals surface area contributed by atoms with Gasteiger partial charge in [-0.05, 0) is 44.0 Å². The average molecular weight is 253 g/mol. The maximum absolute atomic E-state index is 12.8. The zero-order chi connectivity index (χ0) is 13.1. The van der Waals surface area contributed by atoms with Crippen LogP contribution in [0.4, 0.5) is 10.1 Å². The molecule has 0 spiro atoms. The van der Waals surface area contributed by atoms with Crippen LogP contribution >= 0.6 is 0 Å². The summed E-state index contributed by atoms with van der Waals surface area (Å²) in [6, 6.07) is 4.81. The van der Waals surface area contributed by atoms with Gasteiger partial charge in [-0.2, -0.15) is 0 Å². The number of carboxylic acids is 1. The predicted molar refractivity (Wildman–Crippen MR) is 65.0 cm³/mol. The third-order valence-corrected chi connectivity index (χ3v) is 3.07. The number of anilines is 1. The van der Waals surface area contributed by atoms with E-state index in [1.807, 2.05) is 6.92 Å². The summed E-state index contributed by atoms with van der Waals surface area (Å²) in [5, 5.41) is 12.1. The largest absolute Gasteiger partial charge is 0.480 e. The minimum Gasteiger partial charge on any atom is -0.480 e. The van der Waals surface area contributed by atoms with Crippen molar-refractivity contribution >= 4 is 11.7 Å². The van der Waals surface area contributed by atoms with Crippen molar-refractivity contribution in [1.82, 2.24) is 0 Å². The van der Waals surface area contributed by atoms with Gasteiger partial charge in [0.1, 0.15) is 5.82 Å².